The van der Waals surface area contributed by atoms with Crippen LogP contribution in [0.1, 0.15) is 16.1 Å². The van der Waals surface area contributed by atoms with Crippen molar-refractivity contribution in [3.63, 3.8) is 0 Å². The lowest BCUT2D eigenvalue weighted by atomic mass is 10.2. The van der Waals surface area contributed by atoms with Crippen molar-refractivity contribution < 1.29 is 23.5 Å². The highest BCUT2D eigenvalue weighted by Gasteiger charge is 2.12. The molecule has 1 heterocycles. The Bertz CT molecular complexity index is 715. The molecule has 0 saturated carbocycles. The molecule has 24 heavy (non-hydrogen) atoms. The van der Waals surface area contributed by atoms with Gasteiger partial charge in [-0.1, -0.05) is 18.2 Å². The number of hydrogen-bond acceptors (Lipinski definition) is 6. The molecule has 0 spiro atoms. The molecule has 2 rings (SSSR count). The minimum Gasteiger partial charge on any atom is -0.459 e. The van der Waals surface area contributed by atoms with E-state index in [0.717, 1.165) is 10.5 Å². The summed E-state index contributed by atoms with van der Waals surface area (Å²) in [7, 11) is 0. The van der Waals surface area contributed by atoms with Crippen molar-refractivity contribution in [3.05, 3.63) is 54.0 Å². The topological polar surface area (TPSA) is 97.6 Å². The Morgan fingerprint density at radius 2 is 1.92 bits per heavy atom. The molecule has 2 N–H and O–H groups in total. The summed E-state index contributed by atoms with van der Waals surface area (Å²) in [4.78, 5) is 35.6. The van der Waals surface area contributed by atoms with E-state index in [1.807, 2.05) is 31.2 Å². The molecular formula is C16H16N2O5S. The molecular weight excluding hydrogens is 332 g/mol. The molecule has 0 aliphatic rings. The van der Waals surface area contributed by atoms with Gasteiger partial charge in [0.25, 0.3) is 5.91 Å². The molecule has 0 radical (unpaired) electrons. The van der Waals surface area contributed by atoms with Gasteiger partial charge >= 0.3 is 11.9 Å². The first-order valence-corrected chi connectivity index (χ1v) is 8.01. The van der Waals surface area contributed by atoms with Gasteiger partial charge in [-0.25, -0.2) is 0 Å². The fourth-order valence-corrected chi connectivity index (χ4v) is 2.50. The summed E-state index contributed by atoms with van der Waals surface area (Å²) in [6.07, 6.45) is 1.34. The van der Waals surface area contributed by atoms with E-state index in [9.17, 15) is 14.4 Å². The van der Waals surface area contributed by atoms with E-state index in [2.05, 4.69) is 10.9 Å². The summed E-state index contributed by atoms with van der Waals surface area (Å²) in [5, 5.41) is 0. The zero-order chi connectivity index (χ0) is 17.4. The summed E-state index contributed by atoms with van der Waals surface area (Å²) in [6, 6.07) is 10.6. The quantitative estimate of drug-likeness (QED) is 0.468. The molecule has 0 unspecified atom stereocenters. The van der Waals surface area contributed by atoms with Crippen LogP contribution < -0.4 is 10.9 Å². The number of benzene rings is 1. The number of esters is 1. The summed E-state index contributed by atoms with van der Waals surface area (Å²) < 4.78 is 9.70. The molecule has 0 saturated heterocycles. The van der Waals surface area contributed by atoms with E-state index < -0.39 is 24.4 Å². The van der Waals surface area contributed by atoms with Crippen LogP contribution in [-0.4, -0.2) is 30.1 Å². The number of thioether (sulfide) groups is 1. The summed E-state index contributed by atoms with van der Waals surface area (Å²) in [6.45, 7) is 1.47. The normalized spacial score (nSPS) is 10.0. The molecule has 0 fully saturated rings. The first kappa shape index (κ1) is 17.6. The van der Waals surface area contributed by atoms with Gasteiger partial charge in [-0.15, -0.1) is 11.8 Å². The summed E-state index contributed by atoms with van der Waals surface area (Å²) in [5.41, 5.74) is 5.34. The minimum atomic E-state index is -0.649. The molecule has 8 heteroatoms. The van der Waals surface area contributed by atoms with E-state index >= 15 is 0 Å². The van der Waals surface area contributed by atoms with Crippen molar-refractivity contribution in [2.45, 2.75) is 11.8 Å². The van der Waals surface area contributed by atoms with Crippen LogP contribution in [0.15, 0.2) is 52.0 Å². The Kier molecular flexibility index (Phi) is 6.44. The molecule has 7 nitrogen and oxygen atoms in total. The van der Waals surface area contributed by atoms with Crippen LogP contribution in [-0.2, 0) is 14.3 Å². The molecule has 2 amide bonds. The number of carbonyl (C=O) groups excluding carboxylic acids is 3. The maximum Gasteiger partial charge on any atom is 0.316 e. The average molecular weight is 348 g/mol. The van der Waals surface area contributed by atoms with E-state index in [4.69, 9.17) is 9.15 Å². The smallest absolute Gasteiger partial charge is 0.316 e. The Hall–Kier alpha value is -2.74. The molecule has 1 aromatic carbocycles. The number of furan rings is 1. The van der Waals surface area contributed by atoms with Crippen LogP contribution in [0.5, 0.6) is 0 Å². The number of ether oxygens (including phenoxy) is 1. The van der Waals surface area contributed by atoms with E-state index in [1.165, 1.54) is 24.1 Å². The number of hydrogen-bond donors (Lipinski definition) is 2. The van der Waals surface area contributed by atoms with Gasteiger partial charge in [-0.3, -0.25) is 25.2 Å². The minimum absolute atomic E-state index is 0.0573. The lowest BCUT2D eigenvalue weighted by Gasteiger charge is -2.07. The van der Waals surface area contributed by atoms with Crippen molar-refractivity contribution in [2.75, 3.05) is 12.4 Å². The monoisotopic (exact) mass is 348 g/mol. The van der Waals surface area contributed by atoms with E-state index in [-0.39, 0.29) is 11.5 Å². The number of hydrazine groups is 1. The third-order valence-corrected chi connectivity index (χ3v) is 4.01. The SMILES string of the molecule is Cc1ccccc1SCC(=O)OCC(=O)NNC(=O)c1ccco1. The number of rotatable bonds is 6. The van der Waals surface area contributed by atoms with Gasteiger partial charge in [0.1, 0.15) is 0 Å². The van der Waals surface area contributed by atoms with Gasteiger partial charge in [0.2, 0.25) is 0 Å². The predicted octanol–water partition coefficient (Wildman–Crippen LogP) is 1.68. The van der Waals surface area contributed by atoms with E-state index in [0.29, 0.717) is 0 Å². The molecule has 0 aliphatic heterocycles. The van der Waals surface area contributed by atoms with Crippen LogP contribution in [0, 0.1) is 6.92 Å². The first-order valence-electron chi connectivity index (χ1n) is 7.03. The van der Waals surface area contributed by atoms with Gasteiger partial charge in [-0.2, -0.15) is 0 Å². The largest absolute Gasteiger partial charge is 0.459 e. The summed E-state index contributed by atoms with van der Waals surface area (Å²) >= 11 is 1.33. The molecule has 0 bridgehead atoms. The number of carbonyl (C=O) groups is 3. The summed E-state index contributed by atoms with van der Waals surface area (Å²) in [5.74, 6) is -1.62. The number of nitrogens with one attached hydrogen (secondary N) is 2. The number of aryl methyl sites for hydroxylation is 1. The fraction of sp³-hybridized carbons (Fsp3) is 0.188. The van der Waals surface area contributed by atoms with Gasteiger partial charge in [-0.05, 0) is 30.7 Å². The first-order chi connectivity index (χ1) is 11.6. The third kappa shape index (κ3) is 5.47. The lowest BCUT2D eigenvalue weighted by Crippen LogP contribution is -2.43. The van der Waals surface area contributed by atoms with E-state index in [1.54, 1.807) is 6.07 Å². The number of amides is 2. The Balaban J connectivity index is 1.65. The van der Waals surface area contributed by atoms with Crippen molar-refractivity contribution in [1.29, 1.82) is 0 Å². The molecule has 126 valence electrons. The van der Waals surface area contributed by atoms with Crippen molar-refractivity contribution >= 4 is 29.5 Å². The molecule has 1 aromatic heterocycles. The Morgan fingerprint density at radius 1 is 1.12 bits per heavy atom. The second-order valence-corrected chi connectivity index (χ2v) is 5.71. The highest BCUT2D eigenvalue weighted by molar-refractivity contribution is 8.00. The average Bonchev–Trinajstić information content (AvgIpc) is 3.11. The van der Waals surface area contributed by atoms with Crippen molar-refractivity contribution in [1.82, 2.24) is 10.9 Å². The van der Waals surface area contributed by atoms with Crippen LogP contribution in [0.25, 0.3) is 0 Å². The predicted molar refractivity (Wildman–Crippen MR) is 87.2 cm³/mol. The van der Waals surface area contributed by atoms with Crippen LogP contribution in [0.2, 0.25) is 0 Å². The maximum atomic E-state index is 11.6. The second-order valence-electron chi connectivity index (χ2n) is 4.69. The van der Waals surface area contributed by atoms with Gasteiger partial charge in [0.15, 0.2) is 12.4 Å². The van der Waals surface area contributed by atoms with Crippen molar-refractivity contribution in [2.24, 2.45) is 0 Å². The standard InChI is InChI=1S/C16H16N2O5S/c1-11-5-2-3-7-13(11)24-10-15(20)23-9-14(19)17-18-16(21)12-6-4-8-22-12/h2-8H,9-10H2,1H3,(H,17,19)(H,18,21). The maximum absolute atomic E-state index is 11.6. The Morgan fingerprint density at radius 3 is 2.62 bits per heavy atom. The van der Waals surface area contributed by atoms with Gasteiger partial charge < -0.3 is 9.15 Å². The third-order valence-electron chi connectivity index (χ3n) is 2.86. The zero-order valence-electron chi connectivity index (χ0n) is 12.9. The zero-order valence-corrected chi connectivity index (χ0v) is 13.7. The molecule has 2 aromatic rings. The highest BCUT2D eigenvalue weighted by Crippen LogP contribution is 2.21. The van der Waals surface area contributed by atoms with Crippen LogP contribution >= 0.6 is 11.8 Å². The van der Waals surface area contributed by atoms with Crippen LogP contribution in [0.4, 0.5) is 0 Å². The highest BCUT2D eigenvalue weighted by atomic mass is 32.2. The second kappa shape index (κ2) is 8.78. The Labute approximate surface area is 142 Å². The lowest BCUT2D eigenvalue weighted by molar-refractivity contribution is -0.146. The van der Waals surface area contributed by atoms with Crippen LogP contribution in [0.3, 0.4) is 0 Å². The molecule has 0 aliphatic carbocycles. The van der Waals surface area contributed by atoms with Gasteiger partial charge in [0, 0.05) is 4.90 Å². The van der Waals surface area contributed by atoms with Gasteiger partial charge in [0.05, 0.1) is 12.0 Å². The fourth-order valence-electron chi connectivity index (χ4n) is 1.67. The van der Waals surface area contributed by atoms with Crippen molar-refractivity contribution in [3.8, 4) is 0 Å². The molecule has 0 atom stereocenters.